The smallest absolute Gasteiger partial charge is 0.375 e. The minimum atomic E-state index is -5.74. The molecule has 19 heavy (non-hydrogen) atoms. The lowest BCUT2D eigenvalue weighted by atomic mass is 10.2. The number of alkyl halides is 3. The number of halogens is 3. The summed E-state index contributed by atoms with van der Waals surface area (Å²) in [6.45, 7) is 0. The Labute approximate surface area is 105 Å². The Morgan fingerprint density at radius 3 is 2.58 bits per heavy atom. The average Bonchev–Trinajstić information content (AvgIpc) is 2.71. The van der Waals surface area contributed by atoms with Gasteiger partial charge in [0.05, 0.1) is 5.52 Å². The van der Waals surface area contributed by atoms with Crippen molar-refractivity contribution in [2.24, 2.45) is 0 Å². The summed E-state index contributed by atoms with van der Waals surface area (Å²) < 4.78 is 62.5. The first-order chi connectivity index (χ1) is 8.74. The summed E-state index contributed by atoms with van der Waals surface area (Å²) >= 11 is 0. The quantitative estimate of drug-likeness (QED) is 0.679. The van der Waals surface area contributed by atoms with Crippen molar-refractivity contribution in [1.82, 2.24) is 4.98 Å². The number of nitriles is 1. The fraction of sp³-hybridized carbons (Fsp3) is 0.100. The zero-order chi connectivity index (χ0) is 14.3. The van der Waals surface area contributed by atoms with Gasteiger partial charge in [0, 0.05) is 5.39 Å². The van der Waals surface area contributed by atoms with Crippen LogP contribution < -0.4 is 4.18 Å². The summed E-state index contributed by atoms with van der Waals surface area (Å²) in [5, 5.41) is 8.75. The highest BCUT2D eigenvalue weighted by molar-refractivity contribution is 7.88. The molecule has 0 amide bonds. The molecule has 0 aliphatic rings. The van der Waals surface area contributed by atoms with Crippen LogP contribution in [-0.2, 0) is 10.1 Å². The van der Waals surface area contributed by atoms with E-state index in [4.69, 9.17) is 5.26 Å². The van der Waals surface area contributed by atoms with Crippen molar-refractivity contribution < 1.29 is 25.8 Å². The van der Waals surface area contributed by atoms with Gasteiger partial charge in [0.2, 0.25) is 0 Å². The van der Waals surface area contributed by atoms with Gasteiger partial charge < -0.3 is 9.17 Å². The Bertz CT molecular complexity index is 771. The molecule has 0 fully saturated rings. The van der Waals surface area contributed by atoms with Crippen LogP contribution in [0.4, 0.5) is 13.2 Å². The van der Waals surface area contributed by atoms with Crippen molar-refractivity contribution in [3.05, 3.63) is 30.0 Å². The molecule has 0 saturated heterocycles. The molecule has 0 bridgehead atoms. The molecule has 0 saturated carbocycles. The first-order valence-corrected chi connectivity index (χ1v) is 6.18. The molecule has 100 valence electrons. The predicted octanol–water partition coefficient (Wildman–Crippen LogP) is 2.27. The largest absolute Gasteiger partial charge is 0.534 e. The van der Waals surface area contributed by atoms with E-state index in [1.165, 1.54) is 18.2 Å². The number of aromatic amines is 1. The monoisotopic (exact) mass is 290 g/mol. The fourth-order valence-electron chi connectivity index (χ4n) is 1.43. The molecule has 5 nitrogen and oxygen atoms in total. The summed E-state index contributed by atoms with van der Waals surface area (Å²) in [6, 6.07) is 6.81. The van der Waals surface area contributed by atoms with E-state index in [0.29, 0.717) is 5.52 Å². The number of benzene rings is 1. The predicted molar refractivity (Wildman–Crippen MR) is 58.6 cm³/mol. The van der Waals surface area contributed by atoms with Crippen LogP contribution in [0.1, 0.15) is 5.69 Å². The Balaban J connectivity index is 2.53. The number of nitrogens with one attached hydrogen (secondary N) is 1. The first-order valence-electron chi connectivity index (χ1n) is 4.77. The van der Waals surface area contributed by atoms with Gasteiger partial charge in [-0.25, -0.2) is 0 Å². The van der Waals surface area contributed by atoms with E-state index in [0.717, 1.165) is 6.07 Å². The third-order valence-electron chi connectivity index (χ3n) is 2.23. The molecule has 1 aromatic carbocycles. The second kappa shape index (κ2) is 4.17. The number of aromatic nitrogens is 1. The van der Waals surface area contributed by atoms with Crippen LogP contribution in [0.3, 0.4) is 0 Å². The lowest BCUT2D eigenvalue weighted by Crippen LogP contribution is -2.28. The molecule has 1 aromatic heterocycles. The van der Waals surface area contributed by atoms with E-state index in [-0.39, 0.29) is 11.1 Å². The van der Waals surface area contributed by atoms with Gasteiger partial charge in [0.1, 0.15) is 11.8 Å². The summed E-state index contributed by atoms with van der Waals surface area (Å²) in [7, 11) is -5.74. The van der Waals surface area contributed by atoms with Crippen molar-refractivity contribution >= 4 is 21.0 Å². The Kier molecular flexibility index (Phi) is 2.90. The standard InChI is InChI=1S/C10H5F3N2O3S/c11-10(12,13)19(16,17)18-9-3-1-2-8-7(9)4-6(5-14)15-8/h1-4,15H. The van der Waals surface area contributed by atoms with Crippen molar-refractivity contribution in [3.63, 3.8) is 0 Å². The van der Waals surface area contributed by atoms with Crippen LogP contribution in [0.25, 0.3) is 10.9 Å². The van der Waals surface area contributed by atoms with Gasteiger partial charge in [-0.1, -0.05) is 6.07 Å². The maximum atomic E-state index is 12.2. The lowest BCUT2D eigenvalue weighted by molar-refractivity contribution is -0.0499. The average molecular weight is 290 g/mol. The number of fused-ring (bicyclic) bond motifs is 1. The molecule has 0 atom stereocenters. The molecule has 0 spiro atoms. The third-order valence-corrected chi connectivity index (χ3v) is 3.19. The molecule has 0 aliphatic carbocycles. The maximum Gasteiger partial charge on any atom is 0.534 e. The third kappa shape index (κ3) is 2.34. The summed E-state index contributed by atoms with van der Waals surface area (Å²) in [6.07, 6.45) is 0. The minimum absolute atomic E-state index is 0.0758. The van der Waals surface area contributed by atoms with Crippen molar-refractivity contribution in [2.45, 2.75) is 5.51 Å². The van der Waals surface area contributed by atoms with E-state index >= 15 is 0 Å². The van der Waals surface area contributed by atoms with E-state index in [2.05, 4.69) is 9.17 Å². The molecule has 9 heteroatoms. The molecule has 1 N–H and O–H groups in total. The maximum absolute atomic E-state index is 12.2. The Morgan fingerprint density at radius 1 is 1.32 bits per heavy atom. The molecular weight excluding hydrogens is 285 g/mol. The Morgan fingerprint density at radius 2 is 2.00 bits per heavy atom. The van der Waals surface area contributed by atoms with E-state index in [1.54, 1.807) is 6.07 Å². The van der Waals surface area contributed by atoms with E-state index in [1.807, 2.05) is 0 Å². The minimum Gasteiger partial charge on any atom is -0.375 e. The summed E-state index contributed by atoms with van der Waals surface area (Å²) in [5.41, 5.74) is -5.13. The fourth-order valence-corrected chi connectivity index (χ4v) is 1.90. The molecule has 0 unspecified atom stereocenters. The number of hydrogen-bond donors (Lipinski definition) is 1. The van der Waals surface area contributed by atoms with Gasteiger partial charge in [-0.3, -0.25) is 0 Å². The molecule has 1 heterocycles. The number of hydrogen-bond acceptors (Lipinski definition) is 4. The second-order valence-electron chi connectivity index (χ2n) is 3.50. The van der Waals surface area contributed by atoms with E-state index in [9.17, 15) is 21.6 Å². The van der Waals surface area contributed by atoms with Crippen LogP contribution >= 0.6 is 0 Å². The first kappa shape index (κ1) is 13.2. The number of nitrogens with zero attached hydrogens (tertiary/aromatic N) is 1. The van der Waals surface area contributed by atoms with Gasteiger partial charge in [-0.2, -0.15) is 26.9 Å². The van der Waals surface area contributed by atoms with Gasteiger partial charge in [0.25, 0.3) is 0 Å². The molecule has 2 aromatic rings. The number of H-pyrrole nitrogens is 1. The van der Waals surface area contributed by atoms with Gasteiger partial charge in [-0.05, 0) is 18.2 Å². The van der Waals surface area contributed by atoms with Gasteiger partial charge in [0.15, 0.2) is 5.75 Å². The highest BCUT2D eigenvalue weighted by Crippen LogP contribution is 2.31. The summed E-state index contributed by atoms with van der Waals surface area (Å²) in [4.78, 5) is 2.59. The van der Waals surface area contributed by atoms with Crippen LogP contribution in [0.5, 0.6) is 5.75 Å². The molecule has 2 rings (SSSR count). The van der Waals surface area contributed by atoms with Crippen LogP contribution in [0.15, 0.2) is 24.3 Å². The zero-order valence-electron chi connectivity index (χ0n) is 9.02. The van der Waals surface area contributed by atoms with E-state index < -0.39 is 21.4 Å². The number of rotatable bonds is 2. The highest BCUT2D eigenvalue weighted by Gasteiger charge is 2.48. The Hall–Kier alpha value is -2.21. The van der Waals surface area contributed by atoms with Gasteiger partial charge in [-0.15, -0.1) is 0 Å². The summed E-state index contributed by atoms with van der Waals surface area (Å²) in [5.74, 6) is -0.493. The van der Waals surface area contributed by atoms with Crippen LogP contribution in [0, 0.1) is 11.3 Å². The SMILES string of the molecule is N#Cc1cc2c(OS(=O)(=O)C(F)(F)F)cccc2[nH]1. The molecule has 0 radical (unpaired) electrons. The molecular formula is C10H5F3N2O3S. The normalized spacial score (nSPS) is 12.3. The van der Waals surface area contributed by atoms with Crippen molar-refractivity contribution in [1.29, 1.82) is 5.26 Å². The lowest BCUT2D eigenvalue weighted by Gasteiger charge is -2.09. The highest BCUT2D eigenvalue weighted by atomic mass is 32.2. The second-order valence-corrected chi connectivity index (χ2v) is 5.03. The van der Waals surface area contributed by atoms with Gasteiger partial charge >= 0.3 is 15.6 Å². The van der Waals surface area contributed by atoms with Crippen LogP contribution in [-0.4, -0.2) is 18.9 Å². The zero-order valence-corrected chi connectivity index (χ0v) is 9.84. The van der Waals surface area contributed by atoms with Crippen LogP contribution in [0.2, 0.25) is 0 Å². The topological polar surface area (TPSA) is 82.9 Å². The van der Waals surface area contributed by atoms with Crippen molar-refractivity contribution in [2.75, 3.05) is 0 Å². The molecule has 0 aliphatic heterocycles. The van der Waals surface area contributed by atoms with Crippen molar-refractivity contribution in [3.8, 4) is 11.8 Å².